The van der Waals surface area contributed by atoms with E-state index in [2.05, 4.69) is 19.6 Å². The largest absolute Gasteiger partial charge is 0.435 e. The van der Waals surface area contributed by atoms with E-state index in [1.54, 1.807) is 41.2 Å². The van der Waals surface area contributed by atoms with Crippen molar-refractivity contribution in [2.24, 2.45) is 0 Å². The molecule has 2 aromatic carbocycles. The topological polar surface area (TPSA) is 49.2 Å². The zero-order valence-electron chi connectivity index (χ0n) is 16.8. The number of benzene rings is 2. The van der Waals surface area contributed by atoms with E-state index in [9.17, 15) is 17.6 Å². The maximum Gasteiger partial charge on any atom is 0.387 e. The van der Waals surface area contributed by atoms with Crippen molar-refractivity contribution in [3.05, 3.63) is 83.6 Å². The van der Waals surface area contributed by atoms with Crippen LogP contribution in [0.5, 0.6) is 11.5 Å². The summed E-state index contributed by atoms with van der Waals surface area (Å²) in [6.07, 6.45) is 1.63. The van der Waals surface area contributed by atoms with Gasteiger partial charge >= 0.3 is 13.2 Å². The number of alkyl halides is 4. The van der Waals surface area contributed by atoms with Gasteiger partial charge in [0.15, 0.2) is 0 Å². The van der Waals surface area contributed by atoms with Crippen molar-refractivity contribution in [3.63, 3.8) is 0 Å². The summed E-state index contributed by atoms with van der Waals surface area (Å²) in [7, 11) is 0. The Morgan fingerprint density at radius 3 is 2.06 bits per heavy atom. The number of aromatic nitrogens is 3. The molecule has 0 saturated carbocycles. The first-order chi connectivity index (χ1) is 15.9. The molecule has 2 aromatic heterocycles. The number of pyridine rings is 1. The molecule has 0 aliphatic heterocycles. The van der Waals surface area contributed by atoms with E-state index in [4.69, 9.17) is 11.6 Å². The average molecular weight is 478 g/mol. The van der Waals surface area contributed by atoms with E-state index in [0.717, 1.165) is 0 Å². The van der Waals surface area contributed by atoms with E-state index in [-0.39, 0.29) is 23.1 Å². The quantitative estimate of drug-likeness (QED) is 0.271. The minimum atomic E-state index is -2.98. The second-order valence-electron chi connectivity index (χ2n) is 6.80. The molecule has 0 aliphatic rings. The molecule has 0 N–H and O–H groups in total. The van der Waals surface area contributed by atoms with Gasteiger partial charge in [-0.25, -0.2) is 0 Å². The maximum absolute atomic E-state index is 12.7. The number of hydrogen-bond acceptors (Lipinski definition) is 4. The fourth-order valence-corrected chi connectivity index (χ4v) is 3.65. The summed E-state index contributed by atoms with van der Waals surface area (Å²) in [6.45, 7) is -5.74. The van der Waals surface area contributed by atoms with E-state index >= 15 is 0 Å². The number of nitrogens with zero attached hydrogens (tertiary/aromatic N) is 3. The van der Waals surface area contributed by atoms with Crippen molar-refractivity contribution < 1.29 is 27.0 Å². The smallest absolute Gasteiger partial charge is 0.387 e. The van der Waals surface area contributed by atoms with Crippen LogP contribution >= 0.6 is 11.6 Å². The lowest BCUT2D eigenvalue weighted by atomic mass is 10.1. The van der Waals surface area contributed by atoms with Crippen LogP contribution < -0.4 is 9.47 Å². The van der Waals surface area contributed by atoms with Gasteiger partial charge in [0.05, 0.1) is 23.0 Å². The van der Waals surface area contributed by atoms with Gasteiger partial charge in [-0.15, -0.1) is 0 Å². The zero-order valence-corrected chi connectivity index (χ0v) is 17.6. The molecule has 2 heterocycles. The van der Waals surface area contributed by atoms with Crippen LogP contribution in [-0.2, 0) is 6.54 Å². The first-order valence-corrected chi connectivity index (χ1v) is 10.0. The Bertz CT molecular complexity index is 1240. The summed E-state index contributed by atoms with van der Waals surface area (Å²) in [5, 5.41) is 4.78. The minimum Gasteiger partial charge on any atom is -0.435 e. The second-order valence-corrected chi connectivity index (χ2v) is 7.18. The third-order valence-electron chi connectivity index (χ3n) is 4.60. The molecule has 0 radical (unpaired) electrons. The van der Waals surface area contributed by atoms with Crippen molar-refractivity contribution in [1.82, 2.24) is 14.8 Å². The lowest BCUT2D eigenvalue weighted by Gasteiger charge is -2.10. The summed E-state index contributed by atoms with van der Waals surface area (Å²) < 4.78 is 61.3. The molecule has 0 fully saturated rings. The van der Waals surface area contributed by atoms with Gasteiger partial charge < -0.3 is 9.47 Å². The third-order valence-corrected chi connectivity index (χ3v) is 4.96. The molecule has 5 nitrogen and oxygen atoms in total. The predicted octanol–water partition coefficient (Wildman–Crippen LogP) is 6.52. The highest BCUT2D eigenvalue weighted by Crippen LogP contribution is 2.38. The van der Waals surface area contributed by atoms with Crippen LogP contribution in [0.25, 0.3) is 22.5 Å². The SMILES string of the molecule is FC(F)Oc1cccc(-c2nn(Cc3ccccn3)c(-c3cccc(OC(F)F)c3)c2Cl)c1. The Labute approximate surface area is 191 Å². The fourth-order valence-electron chi connectivity index (χ4n) is 3.30. The highest BCUT2D eigenvalue weighted by atomic mass is 35.5. The van der Waals surface area contributed by atoms with Gasteiger partial charge in [0.2, 0.25) is 0 Å². The average Bonchev–Trinajstić information content (AvgIpc) is 3.09. The van der Waals surface area contributed by atoms with E-state index in [0.29, 0.717) is 28.2 Å². The zero-order chi connectivity index (χ0) is 23.4. The summed E-state index contributed by atoms with van der Waals surface area (Å²) >= 11 is 6.70. The van der Waals surface area contributed by atoms with Gasteiger partial charge in [-0.05, 0) is 36.4 Å². The van der Waals surface area contributed by atoms with Crippen LogP contribution in [0.15, 0.2) is 72.9 Å². The van der Waals surface area contributed by atoms with Crippen LogP contribution in [-0.4, -0.2) is 28.0 Å². The summed E-state index contributed by atoms with van der Waals surface area (Å²) in [5.41, 5.74) is 2.34. The molecule has 4 aromatic rings. The Morgan fingerprint density at radius 1 is 0.818 bits per heavy atom. The number of hydrogen-bond donors (Lipinski definition) is 0. The summed E-state index contributed by atoms with van der Waals surface area (Å²) in [6, 6.07) is 17.4. The summed E-state index contributed by atoms with van der Waals surface area (Å²) in [5.74, 6) is -0.0928. The first-order valence-electron chi connectivity index (χ1n) is 9.67. The van der Waals surface area contributed by atoms with Crippen LogP contribution in [0.3, 0.4) is 0 Å². The molecule has 10 heteroatoms. The third kappa shape index (κ3) is 5.43. The van der Waals surface area contributed by atoms with Gasteiger partial charge in [0.1, 0.15) is 17.2 Å². The van der Waals surface area contributed by atoms with Crippen LogP contribution in [0.2, 0.25) is 5.02 Å². The van der Waals surface area contributed by atoms with Crippen LogP contribution in [0.4, 0.5) is 17.6 Å². The molecule has 4 rings (SSSR count). The van der Waals surface area contributed by atoms with Crippen LogP contribution in [0.1, 0.15) is 5.69 Å². The Hall–Kier alpha value is -3.59. The van der Waals surface area contributed by atoms with Crippen molar-refractivity contribution in [2.45, 2.75) is 19.8 Å². The molecule has 0 spiro atoms. The van der Waals surface area contributed by atoms with Gasteiger partial charge in [-0.3, -0.25) is 9.67 Å². The van der Waals surface area contributed by atoms with Crippen molar-refractivity contribution in [1.29, 1.82) is 0 Å². The number of halogens is 5. The Morgan fingerprint density at radius 2 is 1.45 bits per heavy atom. The van der Waals surface area contributed by atoms with E-state index in [1.807, 2.05) is 6.07 Å². The molecule has 0 atom stereocenters. The number of rotatable bonds is 8. The molecule has 0 saturated heterocycles. The lowest BCUT2D eigenvalue weighted by molar-refractivity contribution is -0.0505. The monoisotopic (exact) mass is 477 g/mol. The standard InChI is InChI=1S/C23H16ClF4N3O2/c24-19-20(14-5-3-8-17(11-14)32-22(25)26)30-31(13-16-7-1-2-10-29-16)21(19)15-6-4-9-18(12-15)33-23(27)28/h1-12,22-23H,13H2. The van der Waals surface area contributed by atoms with E-state index in [1.165, 1.54) is 30.3 Å². The molecule has 0 bridgehead atoms. The summed E-state index contributed by atoms with van der Waals surface area (Å²) in [4.78, 5) is 4.29. The van der Waals surface area contributed by atoms with Crippen molar-refractivity contribution in [3.8, 4) is 34.0 Å². The normalized spacial score (nSPS) is 11.2. The van der Waals surface area contributed by atoms with Gasteiger partial charge in [-0.2, -0.15) is 22.7 Å². The molecular formula is C23H16ClF4N3O2. The van der Waals surface area contributed by atoms with Gasteiger partial charge in [-0.1, -0.05) is 41.9 Å². The van der Waals surface area contributed by atoms with Crippen molar-refractivity contribution >= 4 is 11.6 Å². The highest BCUT2D eigenvalue weighted by Gasteiger charge is 2.21. The highest BCUT2D eigenvalue weighted by molar-refractivity contribution is 6.35. The molecule has 0 aliphatic carbocycles. The van der Waals surface area contributed by atoms with Crippen molar-refractivity contribution in [2.75, 3.05) is 0 Å². The minimum absolute atomic E-state index is 0.0435. The second kappa shape index (κ2) is 9.91. The Kier molecular flexibility index (Phi) is 6.79. The van der Waals surface area contributed by atoms with Crippen LogP contribution in [0, 0.1) is 0 Å². The fraction of sp³-hybridized carbons (Fsp3) is 0.130. The molecule has 33 heavy (non-hydrogen) atoms. The molecule has 0 unspecified atom stereocenters. The van der Waals surface area contributed by atoms with Gasteiger partial charge in [0, 0.05) is 17.3 Å². The molecule has 170 valence electrons. The molecule has 0 amide bonds. The number of ether oxygens (including phenoxy) is 2. The first kappa shape index (κ1) is 22.6. The van der Waals surface area contributed by atoms with Gasteiger partial charge in [0.25, 0.3) is 0 Å². The maximum atomic E-state index is 12.7. The van der Waals surface area contributed by atoms with E-state index < -0.39 is 13.2 Å². The Balaban J connectivity index is 1.82. The molecular weight excluding hydrogens is 462 g/mol. The predicted molar refractivity (Wildman–Crippen MR) is 115 cm³/mol. The lowest BCUT2D eigenvalue weighted by Crippen LogP contribution is -2.06.